The first-order valence-corrected chi connectivity index (χ1v) is 9.30. The fraction of sp³-hybridized carbons (Fsp3) is 0.100. The third kappa shape index (κ3) is 3.03. The first-order valence-electron chi connectivity index (χ1n) is 8.49. The molecule has 8 heteroatoms. The lowest BCUT2D eigenvalue weighted by atomic mass is 10.0. The Morgan fingerprint density at radius 1 is 1.25 bits per heavy atom. The molecule has 0 aliphatic carbocycles. The van der Waals surface area contributed by atoms with E-state index in [0.717, 1.165) is 21.9 Å². The molecule has 3 N–H and O–H groups in total. The Morgan fingerprint density at radius 2 is 2.07 bits per heavy atom. The van der Waals surface area contributed by atoms with Crippen molar-refractivity contribution in [3.05, 3.63) is 58.7 Å². The van der Waals surface area contributed by atoms with Gasteiger partial charge in [-0.15, -0.1) is 11.3 Å². The average molecular weight is 391 g/mol. The minimum atomic E-state index is -0.324. The van der Waals surface area contributed by atoms with Gasteiger partial charge in [-0.05, 0) is 29.3 Å². The van der Waals surface area contributed by atoms with Crippen LogP contribution in [-0.4, -0.2) is 29.2 Å². The number of anilines is 1. The number of aromatic nitrogens is 2. The van der Waals surface area contributed by atoms with Gasteiger partial charge in [0, 0.05) is 5.56 Å². The number of nitrogen functional groups attached to an aromatic ring is 1. The molecule has 7 nitrogen and oxygen atoms in total. The molecule has 1 amide bonds. The van der Waals surface area contributed by atoms with Crippen molar-refractivity contribution in [1.82, 2.24) is 15.4 Å². The van der Waals surface area contributed by atoms with Gasteiger partial charge in [0.15, 0.2) is 0 Å². The molecule has 2 aromatic heterocycles. The fourth-order valence-electron chi connectivity index (χ4n) is 3.11. The molecular weight excluding hydrogens is 374 g/mol. The molecule has 0 aliphatic heterocycles. The number of nitrogens with zero attached hydrogens (tertiary/aromatic N) is 3. The van der Waals surface area contributed by atoms with E-state index in [0.29, 0.717) is 26.7 Å². The number of nitrogens with two attached hydrogens (primary N) is 1. The summed E-state index contributed by atoms with van der Waals surface area (Å²) in [6.07, 6.45) is 2.98. The predicted octanol–water partition coefficient (Wildman–Crippen LogP) is 3.51. The van der Waals surface area contributed by atoms with Crippen LogP contribution < -0.4 is 15.9 Å². The molecule has 0 spiro atoms. The Labute approximate surface area is 164 Å². The minimum Gasteiger partial charge on any atom is -0.496 e. The Hall–Kier alpha value is -3.52. The van der Waals surface area contributed by atoms with Crippen molar-refractivity contribution in [1.29, 1.82) is 0 Å². The molecule has 28 heavy (non-hydrogen) atoms. The van der Waals surface area contributed by atoms with Crippen molar-refractivity contribution >= 4 is 50.3 Å². The monoisotopic (exact) mass is 391 g/mol. The van der Waals surface area contributed by atoms with Crippen LogP contribution in [-0.2, 0) is 0 Å². The van der Waals surface area contributed by atoms with Gasteiger partial charge >= 0.3 is 0 Å². The molecule has 2 heterocycles. The van der Waals surface area contributed by atoms with E-state index in [1.165, 1.54) is 17.7 Å². The zero-order valence-corrected chi connectivity index (χ0v) is 16.1. The van der Waals surface area contributed by atoms with Crippen LogP contribution in [0, 0.1) is 6.92 Å². The largest absolute Gasteiger partial charge is 0.496 e. The highest BCUT2D eigenvalue weighted by atomic mass is 32.1. The smallest absolute Gasteiger partial charge is 0.281 e. The highest BCUT2D eigenvalue weighted by molar-refractivity contribution is 7.20. The number of carbonyl (C=O) groups is 1. The van der Waals surface area contributed by atoms with E-state index in [2.05, 4.69) is 20.5 Å². The van der Waals surface area contributed by atoms with E-state index >= 15 is 0 Å². The van der Waals surface area contributed by atoms with Crippen molar-refractivity contribution in [2.24, 2.45) is 5.10 Å². The molecule has 0 atom stereocenters. The number of hydrogen-bond donors (Lipinski definition) is 2. The van der Waals surface area contributed by atoms with E-state index in [1.54, 1.807) is 13.3 Å². The third-order valence-electron chi connectivity index (χ3n) is 4.47. The summed E-state index contributed by atoms with van der Waals surface area (Å²) in [5.41, 5.74) is 10.0. The van der Waals surface area contributed by atoms with E-state index in [-0.39, 0.29) is 5.91 Å². The van der Waals surface area contributed by atoms with Gasteiger partial charge in [-0.1, -0.05) is 30.3 Å². The number of nitrogens with one attached hydrogen (secondary N) is 1. The highest BCUT2D eigenvalue weighted by Gasteiger charge is 2.18. The van der Waals surface area contributed by atoms with E-state index in [1.807, 2.05) is 43.3 Å². The molecule has 4 aromatic rings. The molecule has 0 unspecified atom stereocenters. The number of hydrogen-bond acceptors (Lipinski definition) is 7. The second-order valence-corrected chi connectivity index (χ2v) is 7.10. The van der Waals surface area contributed by atoms with Crippen LogP contribution in [0.1, 0.15) is 20.8 Å². The van der Waals surface area contributed by atoms with Gasteiger partial charge in [0.2, 0.25) is 0 Å². The topological polar surface area (TPSA) is 102 Å². The van der Waals surface area contributed by atoms with Gasteiger partial charge in [-0.25, -0.2) is 15.4 Å². The normalized spacial score (nSPS) is 11.4. The lowest BCUT2D eigenvalue weighted by molar-refractivity contribution is 0.0958. The second kappa shape index (κ2) is 7.24. The molecule has 0 saturated heterocycles. The SMILES string of the molecule is COc1ccc2ccccc2c1/C=N\NC(=O)c1sc2ncnc(N)c2c1C. The number of aryl methyl sites for hydroxylation is 1. The number of methoxy groups -OCH3 is 1. The maximum Gasteiger partial charge on any atom is 0.281 e. The van der Waals surface area contributed by atoms with E-state index in [4.69, 9.17) is 10.5 Å². The standard InChI is InChI=1S/C20H17N5O2S/c1-11-16-18(21)22-10-23-20(16)28-17(11)19(26)25-24-9-14-13-6-4-3-5-12(13)7-8-15(14)27-2/h3-10H,1-2H3,(H,25,26)(H2,21,22,23)/b24-9-. The van der Waals surface area contributed by atoms with Gasteiger partial charge in [0.05, 0.1) is 23.6 Å². The molecule has 0 fully saturated rings. The van der Waals surface area contributed by atoms with Crippen LogP contribution in [0.3, 0.4) is 0 Å². The molecule has 0 bridgehead atoms. The Kier molecular flexibility index (Phi) is 4.62. The van der Waals surface area contributed by atoms with E-state index in [9.17, 15) is 4.79 Å². The van der Waals surface area contributed by atoms with Crippen LogP contribution >= 0.6 is 11.3 Å². The van der Waals surface area contributed by atoms with Crippen molar-refractivity contribution < 1.29 is 9.53 Å². The maximum absolute atomic E-state index is 12.6. The van der Waals surface area contributed by atoms with Gasteiger partial charge in [-0.2, -0.15) is 5.10 Å². The number of carbonyl (C=O) groups excluding carboxylic acids is 1. The summed E-state index contributed by atoms with van der Waals surface area (Å²) >= 11 is 1.26. The van der Waals surface area contributed by atoms with Crippen molar-refractivity contribution in [3.8, 4) is 5.75 Å². The molecule has 140 valence electrons. The minimum absolute atomic E-state index is 0.324. The van der Waals surface area contributed by atoms with Crippen LogP contribution in [0.2, 0.25) is 0 Å². The van der Waals surface area contributed by atoms with Gasteiger partial charge in [0.25, 0.3) is 5.91 Å². The third-order valence-corrected chi connectivity index (χ3v) is 5.67. The summed E-state index contributed by atoms with van der Waals surface area (Å²) in [5, 5.41) is 6.90. The molecule has 4 rings (SSSR count). The number of amides is 1. The number of thiophene rings is 1. The van der Waals surface area contributed by atoms with Crippen molar-refractivity contribution in [3.63, 3.8) is 0 Å². The van der Waals surface area contributed by atoms with Crippen LogP contribution in [0.25, 0.3) is 21.0 Å². The summed E-state index contributed by atoms with van der Waals surface area (Å²) in [6.45, 7) is 1.82. The zero-order valence-electron chi connectivity index (χ0n) is 15.3. The molecule has 0 radical (unpaired) electrons. The summed E-state index contributed by atoms with van der Waals surface area (Å²) < 4.78 is 5.44. The Bertz CT molecular complexity index is 1230. The number of ether oxygens (including phenoxy) is 1. The molecule has 0 aliphatic rings. The molecular formula is C20H17N5O2S. The summed E-state index contributed by atoms with van der Waals surface area (Å²) in [7, 11) is 1.60. The van der Waals surface area contributed by atoms with Crippen molar-refractivity contribution in [2.45, 2.75) is 6.92 Å². The summed E-state index contributed by atoms with van der Waals surface area (Å²) in [6, 6.07) is 11.8. The Morgan fingerprint density at radius 3 is 2.86 bits per heavy atom. The second-order valence-electron chi connectivity index (χ2n) is 6.10. The maximum atomic E-state index is 12.6. The quantitative estimate of drug-likeness (QED) is 0.409. The highest BCUT2D eigenvalue weighted by Crippen LogP contribution is 2.32. The number of benzene rings is 2. The first-order chi connectivity index (χ1) is 13.6. The van der Waals surface area contributed by atoms with Crippen LogP contribution in [0.4, 0.5) is 5.82 Å². The number of rotatable bonds is 4. The molecule has 0 saturated carbocycles. The molecule has 2 aromatic carbocycles. The lowest BCUT2D eigenvalue weighted by Gasteiger charge is -2.08. The van der Waals surface area contributed by atoms with Gasteiger partial charge < -0.3 is 10.5 Å². The van der Waals surface area contributed by atoms with Crippen LogP contribution in [0.15, 0.2) is 47.8 Å². The summed E-state index contributed by atoms with van der Waals surface area (Å²) in [4.78, 5) is 22.0. The fourth-order valence-corrected chi connectivity index (χ4v) is 4.15. The van der Waals surface area contributed by atoms with Crippen molar-refractivity contribution in [2.75, 3.05) is 12.8 Å². The Balaban J connectivity index is 1.64. The van der Waals surface area contributed by atoms with Crippen LogP contribution in [0.5, 0.6) is 5.75 Å². The summed E-state index contributed by atoms with van der Waals surface area (Å²) in [5.74, 6) is 0.718. The first kappa shape index (κ1) is 17.9. The lowest BCUT2D eigenvalue weighted by Crippen LogP contribution is -2.17. The number of fused-ring (bicyclic) bond motifs is 2. The van der Waals surface area contributed by atoms with Gasteiger partial charge in [0.1, 0.15) is 22.7 Å². The van der Waals surface area contributed by atoms with E-state index < -0.39 is 0 Å². The van der Waals surface area contributed by atoms with Gasteiger partial charge in [-0.3, -0.25) is 4.79 Å². The average Bonchev–Trinajstić information content (AvgIpc) is 3.06. The predicted molar refractivity (Wildman–Crippen MR) is 112 cm³/mol. The zero-order chi connectivity index (χ0) is 19.7. The number of hydrazone groups is 1.